The van der Waals surface area contributed by atoms with E-state index in [0.29, 0.717) is 5.69 Å². The molecule has 2 aromatic rings. The Kier molecular flexibility index (Phi) is 4.69. The fraction of sp³-hybridized carbons (Fsp3) is 0.208. The molecule has 0 fully saturated rings. The van der Waals surface area contributed by atoms with Crippen molar-refractivity contribution < 1.29 is 33.7 Å². The van der Waals surface area contributed by atoms with E-state index in [0.717, 1.165) is 6.08 Å². The van der Waals surface area contributed by atoms with Gasteiger partial charge >= 0.3 is 0 Å². The molecule has 3 N–H and O–H groups in total. The maximum atomic E-state index is 13.7. The number of halogens is 1. The van der Waals surface area contributed by atoms with Crippen LogP contribution < -0.4 is 10.1 Å². The van der Waals surface area contributed by atoms with Gasteiger partial charge in [0.1, 0.15) is 39.8 Å². The normalized spacial score (nSPS) is 20.8. The van der Waals surface area contributed by atoms with Crippen molar-refractivity contribution in [3.8, 4) is 17.2 Å². The van der Waals surface area contributed by atoms with Crippen molar-refractivity contribution >= 4 is 23.0 Å². The summed E-state index contributed by atoms with van der Waals surface area (Å²) >= 11 is 0. The summed E-state index contributed by atoms with van der Waals surface area (Å²) in [6.45, 7) is 5.63. The van der Waals surface area contributed by atoms with Crippen LogP contribution in [0.4, 0.5) is 10.1 Å². The molecule has 1 aliphatic heterocycles. The van der Waals surface area contributed by atoms with Crippen LogP contribution in [-0.4, -0.2) is 27.6 Å². The minimum atomic E-state index is -1.60. The molecule has 0 bridgehead atoms. The molecule has 7 nitrogen and oxygen atoms in total. The molecule has 1 aliphatic carbocycles. The number of aromatic hydroxyl groups is 2. The average molecular weight is 437 g/mol. The summed E-state index contributed by atoms with van der Waals surface area (Å²) in [5.41, 5.74) is -1.39. The lowest BCUT2D eigenvalue weighted by atomic mass is 9.70. The largest absolute Gasteiger partial charge is 0.507 e. The van der Waals surface area contributed by atoms with E-state index in [-0.39, 0.29) is 39.5 Å². The Bertz CT molecular complexity index is 1310. The summed E-state index contributed by atoms with van der Waals surface area (Å²) in [5.74, 6) is -3.35. The van der Waals surface area contributed by atoms with E-state index < -0.39 is 40.1 Å². The third kappa shape index (κ3) is 2.83. The molecule has 1 heterocycles. The summed E-state index contributed by atoms with van der Waals surface area (Å²) in [6.07, 6.45) is 1.13. The van der Waals surface area contributed by atoms with Crippen LogP contribution in [0.2, 0.25) is 0 Å². The van der Waals surface area contributed by atoms with Gasteiger partial charge in [0.05, 0.1) is 11.1 Å². The molecule has 0 radical (unpaired) electrons. The number of benzene rings is 2. The lowest BCUT2D eigenvalue weighted by Crippen LogP contribution is -2.40. The van der Waals surface area contributed by atoms with Gasteiger partial charge in [0.15, 0.2) is 17.3 Å². The molecule has 0 amide bonds. The van der Waals surface area contributed by atoms with Crippen molar-refractivity contribution in [2.24, 2.45) is 0 Å². The van der Waals surface area contributed by atoms with Gasteiger partial charge in [0.25, 0.3) is 0 Å². The SMILES string of the molecule is CC(=O)c1c(O)c(C)c(O)c2c1OC1=CC(=O)/C(=C(/C)Nc3cccc(F)c3)C(=O)[C@@]12C. The molecular formula is C24H20FNO6. The molecule has 32 heavy (non-hydrogen) atoms. The molecule has 1 atom stereocenters. The second-order valence-corrected chi connectivity index (χ2v) is 8.02. The minimum absolute atomic E-state index is 0.0119. The molecule has 8 heteroatoms. The maximum Gasteiger partial charge on any atom is 0.194 e. The smallest absolute Gasteiger partial charge is 0.194 e. The fourth-order valence-corrected chi connectivity index (χ4v) is 4.21. The van der Waals surface area contributed by atoms with Crippen LogP contribution in [-0.2, 0) is 15.0 Å². The number of ether oxygens (including phenoxy) is 1. The summed E-state index contributed by atoms with van der Waals surface area (Å²) in [4.78, 5) is 38.7. The Morgan fingerprint density at radius 2 is 1.84 bits per heavy atom. The van der Waals surface area contributed by atoms with Gasteiger partial charge in [-0.1, -0.05) is 6.07 Å². The predicted molar refractivity (Wildman–Crippen MR) is 113 cm³/mol. The number of phenols is 2. The second kappa shape index (κ2) is 7.05. The third-order valence-electron chi connectivity index (χ3n) is 5.92. The highest BCUT2D eigenvalue weighted by atomic mass is 19.1. The number of hydrogen-bond donors (Lipinski definition) is 3. The number of rotatable bonds is 3. The molecule has 0 aromatic heterocycles. The highest BCUT2D eigenvalue weighted by molar-refractivity contribution is 6.31. The Morgan fingerprint density at radius 3 is 2.47 bits per heavy atom. The third-order valence-corrected chi connectivity index (χ3v) is 5.92. The van der Waals surface area contributed by atoms with Crippen molar-refractivity contribution in [2.45, 2.75) is 33.1 Å². The quantitative estimate of drug-likeness (QED) is 0.380. The number of hydrogen-bond acceptors (Lipinski definition) is 7. The lowest BCUT2D eigenvalue weighted by molar-refractivity contribution is -0.123. The summed E-state index contributed by atoms with van der Waals surface area (Å²) in [7, 11) is 0. The Hall–Kier alpha value is -3.94. The zero-order valence-electron chi connectivity index (χ0n) is 17.8. The van der Waals surface area contributed by atoms with E-state index >= 15 is 0 Å². The number of allylic oxidation sites excluding steroid dienone is 4. The first-order valence-corrected chi connectivity index (χ1v) is 9.81. The number of anilines is 1. The van der Waals surface area contributed by atoms with E-state index in [4.69, 9.17) is 4.74 Å². The van der Waals surface area contributed by atoms with Gasteiger partial charge in [-0.25, -0.2) is 4.39 Å². The second-order valence-electron chi connectivity index (χ2n) is 8.02. The van der Waals surface area contributed by atoms with Gasteiger partial charge in [0.2, 0.25) is 0 Å². The van der Waals surface area contributed by atoms with Crippen LogP contribution in [0.25, 0.3) is 0 Å². The monoisotopic (exact) mass is 437 g/mol. The maximum absolute atomic E-state index is 13.7. The van der Waals surface area contributed by atoms with Gasteiger partial charge in [-0.2, -0.15) is 0 Å². The molecule has 0 spiro atoms. The molecule has 2 aliphatic rings. The number of carbonyl (C=O) groups excluding carboxylic acids is 3. The standard InChI is InChI=1S/C24H20FNO6/c1-10-20(29)18(12(3)27)22-19(21(10)30)24(4)16(32-22)9-15(28)17(23(24)31)11(2)26-14-7-5-6-13(25)8-14/h5-9,26,29-30H,1-4H3/b17-11+/t24-/m0/s1. The van der Waals surface area contributed by atoms with Crippen molar-refractivity contribution in [3.63, 3.8) is 0 Å². The first-order valence-electron chi connectivity index (χ1n) is 9.81. The van der Waals surface area contributed by atoms with Crippen LogP contribution in [0, 0.1) is 12.7 Å². The number of phenolic OH excluding ortho intramolecular Hbond substituents is 2. The van der Waals surface area contributed by atoms with E-state index in [9.17, 15) is 29.0 Å². The Balaban J connectivity index is 1.92. The number of fused-ring (bicyclic) bond motifs is 3. The zero-order valence-corrected chi connectivity index (χ0v) is 17.8. The highest BCUT2D eigenvalue weighted by Crippen LogP contribution is 2.57. The van der Waals surface area contributed by atoms with Gasteiger partial charge < -0.3 is 20.3 Å². The molecule has 2 aromatic carbocycles. The van der Waals surface area contributed by atoms with Crippen molar-refractivity contribution in [1.82, 2.24) is 0 Å². The van der Waals surface area contributed by atoms with Crippen molar-refractivity contribution in [3.05, 3.63) is 69.9 Å². The zero-order chi connectivity index (χ0) is 23.5. The van der Waals surface area contributed by atoms with E-state index in [1.807, 2.05) is 0 Å². The van der Waals surface area contributed by atoms with Crippen molar-refractivity contribution in [1.29, 1.82) is 0 Å². The van der Waals surface area contributed by atoms with E-state index in [1.165, 1.54) is 45.9 Å². The molecule has 0 saturated carbocycles. The van der Waals surface area contributed by atoms with E-state index in [2.05, 4.69) is 5.32 Å². The number of Topliss-reactive ketones (excluding diaryl/α,β-unsaturated/α-hetero) is 2. The van der Waals surface area contributed by atoms with Crippen LogP contribution in [0.5, 0.6) is 17.2 Å². The molecule has 4 rings (SSSR count). The summed E-state index contributed by atoms with van der Waals surface area (Å²) in [6, 6.07) is 5.55. The van der Waals surface area contributed by atoms with Gasteiger partial charge in [-0.15, -0.1) is 0 Å². The first kappa shape index (κ1) is 21.3. The number of ketones is 3. The Morgan fingerprint density at radius 1 is 1.16 bits per heavy atom. The molecule has 0 unspecified atom stereocenters. The van der Waals surface area contributed by atoms with E-state index in [1.54, 1.807) is 6.07 Å². The minimum Gasteiger partial charge on any atom is -0.507 e. The molecule has 164 valence electrons. The van der Waals surface area contributed by atoms with Crippen LogP contribution >= 0.6 is 0 Å². The lowest BCUT2D eigenvalue weighted by Gasteiger charge is -2.29. The molecule has 0 saturated heterocycles. The van der Waals surface area contributed by atoms with Crippen LogP contribution in [0.1, 0.15) is 42.3 Å². The summed E-state index contributed by atoms with van der Waals surface area (Å²) < 4.78 is 19.3. The van der Waals surface area contributed by atoms with Gasteiger partial charge in [-0.05, 0) is 45.9 Å². The molecular weight excluding hydrogens is 417 g/mol. The number of nitrogens with one attached hydrogen (secondary N) is 1. The Labute approximate surface area is 182 Å². The average Bonchev–Trinajstić information content (AvgIpc) is 2.99. The van der Waals surface area contributed by atoms with Gasteiger partial charge in [-0.3, -0.25) is 14.4 Å². The van der Waals surface area contributed by atoms with Crippen LogP contribution in [0.15, 0.2) is 47.4 Å². The summed E-state index contributed by atoms with van der Waals surface area (Å²) in [5, 5.41) is 24.1. The van der Waals surface area contributed by atoms with Gasteiger partial charge in [0, 0.05) is 23.0 Å². The first-order chi connectivity index (χ1) is 15.0. The fourth-order valence-electron chi connectivity index (χ4n) is 4.21. The predicted octanol–water partition coefficient (Wildman–Crippen LogP) is 3.82. The van der Waals surface area contributed by atoms with Crippen LogP contribution in [0.3, 0.4) is 0 Å². The highest BCUT2D eigenvalue weighted by Gasteiger charge is 2.56. The number of carbonyl (C=O) groups is 3. The van der Waals surface area contributed by atoms with Crippen molar-refractivity contribution in [2.75, 3.05) is 5.32 Å². The topological polar surface area (TPSA) is 113 Å².